The molecule has 3 rings (SSSR count). The Morgan fingerprint density at radius 1 is 1.12 bits per heavy atom. The molecule has 0 atom stereocenters. The lowest BCUT2D eigenvalue weighted by Gasteiger charge is -2.16. The maximum Gasteiger partial charge on any atom is 0.407 e. The van der Waals surface area contributed by atoms with Crippen molar-refractivity contribution in [3.05, 3.63) is 71.7 Å². The average molecular weight is 459 g/mol. The first kappa shape index (κ1) is 23.5. The van der Waals surface area contributed by atoms with E-state index in [1.54, 1.807) is 30.3 Å². The van der Waals surface area contributed by atoms with E-state index in [0.29, 0.717) is 19.6 Å². The predicted octanol–water partition coefficient (Wildman–Crippen LogP) is 4.67. The molecule has 0 saturated carbocycles. The number of carbonyl (C=O) groups excluding carboxylic acids is 1. The molecule has 0 aliphatic carbocycles. The van der Waals surface area contributed by atoms with Crippen LogP contribution in [0.15, 0.2) is 59.6 Å². The first-order valence-electron chi connectivity index (χ1n) is 10.4. The summed E-state index contributed by atoms with van der Waals surface area (Å²) in [6, 6.07) is 13.0. The highest BCUT2D eigenvalue weighted by Gasteiger charge is 2.18. The first-order valence-corrected chi connectivity index (χ1v) is 12.3. The molecule has 0 bridgehead atoms. The average Bonchev–Trinajstić information content (AvgIpc) is 3.16. The topological polar surface area (TPSA) is 77.4 Å². The number of carbonyl (C=O) groups is 1. The zero-order valence-electron chi connectivity index (χ0n) is 18.4. The third-order valence-corrected chi connectivity index (χ3v) is 6.18. The lowest BCUT2D eigenvalue weighted by molar-refractivity contribution is 0.146. The number of aryl methyl sites for hydroxylation is 1. The summed E-state index contributed by atoms with van der Waals surface area (Å²) in [6.07, 6.45) is 3.82. The monoisotopic (exact) mass is 458 g/mol. The number of nitrogens with zero attached hydrogens (tertiary/aromatic N) is 1. The molecule has 8 heteroatoms. The van der Waals surface area contributed by atoms with Gasteiger partial charge in [0.1, 0.15) is 5.82 Å². The molecule has 0 aliphatic rings. The Morgan fingerprint density at radius 2 is 1.84 bits per heavy atom. The van der Waals surface area contributed by atoms with Crippen LogP contribution in [0.4, 0.5) is 9.18 Å². The van der Waals surface area contributed by atoms with E-state index in [2.05, 4.69) is 5.32 Å². The molecule has 3 aromatic rings. The molecule has 1 aromatic heterocycles. The van der Waals surface area contributed by atoms with Crippen molar-refractivity contribution in [2.75, 3.05) is 19.4 Å². The van der Waals surface area contributed by atoms with Gasteiger partial charge in [-0.1, -0.05) is 13.0 Å². The highest BCUT2D eigenvalue weighted by Crippen LogP contribution is 2.32. The normalized spacial score (nSPS) is 11.4. The van der Waals surface area contributed by atoms with Crippen molar-refractivity contribution < 1.29 is 22.3 Å². The molecule has 170 valence electrons. The van der Waals surface area contributed by atoms with Crippen LogP contribution in [0.3, 0.4) is 0 Å². The molecular weight excluding hydrogens is 431 g/mol. The molecule has 6 nitrogen and oxygen atoms in total. The number of aromatic nitrogens is 1. The van der Waals surface area contributed by atoms with Gasteiger partial charge in [0.2, 0.25) is 0 Å². The van der Waals surface area contributed by atoms with Crippen molar-refractivity contribution >= 4 is 15.9 Å². The van der Waals surface area contributed by atoms with E-state index >= 15 is 0 Å². The zero-order chi connectivity index (χ0) is 23.3. The van der Waals surface area contributed by atoms with E-state index in [4.69, 9.17) is 4.74 Å². The van der Waals surface area contributed by atoms with Crippen molar-refractivity contribution in [1.82, 2.24) is 9.88 Å². The number of hydrogen-bond acceptors (Lipinski definition) is 4. The maximum absolute atomic E-state index is 13.5. The third-order valence-electron chi connectivity index (χ3n) is 5.07. The standard InChI is InChI=1S/C24H27FN2O4S/c1-4-15-31-24(28)26-13-11-18-12-14-27(20-8-6-19(25)7-9-20)23(18)22-16-21(32(3,29)30)10-5-17(22)2/h5-10,12,14,16H,4,11,13,15H2,1-3H3,(H,26,28). The van der Waals surface area contributed by atoms with Gasteiger partial charge in [0.15, 0.2) is 9.84 Å². The van der Waals surface area contributed by atoms with Crippen LogP contribution >= 0.6 is 0 Å². The van der Waals surface area contributed by atoms with Crippen molar-refractivity contribution in [3.8, 4) is 16.9 Å². The van der Waals surface area contributed by atoms with Gasteiger partial charge < -0.3 is 14.6 Å². The molecule has 0 saturated heterocycles. The largest absolute Gasteiger partial charge is 0.450 e. The SMILES string of the molecule is CCCOC(=O)NCCc1ccn(-c2ccc(F)cc2)c1-c1cc(S(C)(=O)=O)ccc1C. The Kier molecular flexibility index (Phi) is 7.35. The second kappa shape index (κ2) is 9.99. The molecule has 1 heterocycles. The molecule has 2 aromatic carbocycles. The fraction of sp³-hybridized carbons (Fsp3) is 0.292. The van der Waals surface area contributed by atoms with E-state index in [-0.39, 0.29) is 10.7 Å². The van der Waals surface area contributed by atoms with Gasteiger partial charge in [-0.25, -0.2) is 17.6 Å². The van der Waals surface area contributed by atoms with E-state index in [0.717, 1.165) is 34.5 Å². The number of sulfone groups is 1. The Morgan fingerprint density at radius 3 is 2.50 bits per heavy atom. The third kappa shape index (κ3) is 5.56. The summed E-state index contributed by atoms with van der Waals surface area (Å²) in [5, 5.41) is 2.74. The molecular formula is C24H27FN2O4S. The van der Waals surface area contributed by atoms with E-state index < -0.39 is 15.9 Å². The highest BCUT2D eigenvalue weighted by molar-refractivity contribution is 7.90. The van der Waals surface area contributed by atoms with Gasteiger partial charge in [-0.15, -0.1) is 0 Å². The molecule has 0 unspecified atom stereocenters. The number of rotatable bonds is 8. The van der Waals surface area contributed by atoms with Crippen LogP contribution in [0, 0.1) is 12.7 Å². The van der Waals surface area contributed by atoms with E-state index in [1.165, 1.54) is 18.4 Å². The summed E-state index contributed by atoms with van der Waals surface area (Å²) in [6.45, 7) is 4.54. The van der Waals surface area contributed by atoms with Gasteiger partial charge in [-0.05, 0) is 73.4 Å². The zero-order valence-corrected chi connectivity index (χ0v) is 19.2. The number of halogens is 1. The van der Waals surface area contributed by atoms with Gasteiger partial charge in [-0.3, -0.25) is 0 Å². The van der Waals surface area contributed by atoms with Crippen LogP contribution in [0.25, 0.3) is 16.9 Å². The molecule has 0 spiro atoms. The minimum atomic E-state index is -3.40. The van der Waals surface area contributed by atoms with Crippen molar-refractivity contribution in [3.63, 3.8) is 0 Å². The summed E-state index contributed by atoms with van der Waals surface area (Å²) in [7, 11) is -3.40. The van der Waals surface area contributed by atoms with Crippen LogP contribution in [0.5, 0.6) is 0 Å². The van der Waals surface area contributed by atoms with Crippen molar-refractivity contribution in [2.24, 2.45) is 0 Å². The highest BCUT2D eigenvalue weighted by atomic mass is 32.2. The van der Waals surface area contributed by atoms with E-state index in [9.17, 15) is 17.6 Å². The van der Waals surface area contributed by atoms with Gasteiger partial charge in [-0.2, -0.15) is 0 Å². The number of alkyl carbamates (subject to hydrolysis) is 1. The smallest absolute Gasteiger partial charge is 0.407 e. The Bertz CT molecular complexity index is 1200. The lowest BCUT2D eigenvalue weighted by Crippen LogP contribution is -2.26. The Labute approximate surface area is 188 Å². The van der Waals surface area contributed by atoms with Gasteiger partial charge in [0.05, 0.1) is 17.2 Å². The minimum absolute atomic E-state index is 0.220. The fourth-order valence-corrected chi connectivity index (χ4v) is 4.07. The maximum atomic E-state index is 13.5. The summed E-state index contributed by atoms with van der Waals surface area (Å²) in [4.78, 5) is 12.0. The molecule has 0 aliphatic heterocycles. The lowest BCUT2D eigenvalue weighted by atomic mass is 10.0. The van der Waals surface area contributed by atoms with Gasteiger partial charge >= 0.3 is 6.09 Å². The molecule has 32 heavy (non-hydrogen) atoms. The predicted molar refractivity (Wildman–Crippen MR) is 122 cm³/mol. The van der Waals surface area contributed by atoms with Crippen molar-refractivity contribution in [1.29, 1.82) is 0 Å². The van der Waals surface area contributed by atoms with Crippen LogP contribution < -0.4 is 5.32 Å². The van der Waals surface area contributed by atoms with Crippen LogP contribution in [-0.2, 0) is 21.0 Å². The quantitative estimate of drug-likeness (QED) is 0.532. The summed E-state index contributed by atoms with van der Waals surface area (Å²) < 4.78 is 44.8. The van der Waals surface area contributed by atoms with Gasteiger partial charge in [0, 0.05) is 30.2 Å². The summed E-state index contributed by atoms with van der Waals surface area (Å²) in [5.41, 5.74) is 4.11. The van der Waals surface area contributed by atoms with Gasteiger partial charge in [0.25, 0.3) is 0 Å². The number of hydrogen-bond donors (Lipinski definition) is 1. The van der Waals surface area contributed by atoms with Crippen molar-refractivity contribution in [2.45, 2.75) is 31.6 Å². The number of amides is 1. The summed E-state index contributed by atoms with van der Waals surface area (Å²) in [5.74, 6) is -0.340. The van der Waals surface area contributed by atoms with Crippen LogP contribution in [0.1, 0.15) is 24.5 Å². The Balaban J connectivity index is 2.03. The minimum Gasteiger partial charge on any atom is -0.450 e. The fourth-order valence-electron chi connectivity index (χ4n) is 3.43. The Hall–Kier alpha value is -3.13. The van der Waals surface area contributed by atoms with E-state index in [1.807, 2.05) is 30.7 Å². The summed E-state index contributed by atoms with van der Waals surface area (Å²) >= 11 is 0. The first-order chi connectivity index (χ1) is 15.2. The second-order valence-electron chi connectivity index (χ2n) is 7.60. The van der Waals surface area contributed by atoms with Crippen LogP contribution in [-0.4, -0.2) is 38.5 Å². The second-order valence-corrected chi connectivity index (χ2v) is 9.61. The molecule has 1 N–H and O–H groups in total. The number of nitrogens with one attached hydrogen (secondary N) is 1. The molecule has 1 amide bonds. The number of ether oxygens (including phenoxy) is 1. The molecule has 0 fully saturated rings. The van der Waals surface area contributed by atoms with Crippen LogP contribution in [0.2, 0.25) is 0 Å². The number of benzene rings is 2. The molecule has 0 radical (unpaired) electrons.